The van der Waals surface area contributed by atoms with E-state index in [1.807, 2.05) is 4.90 Å². The number of hydrogen-bond donors (Lipinski definition) is 2. The molecule has 1 heterocycles. The zero-order chi connectivity index (χ0) is 11.4. The minimum absolute atomic E-state index is 0.122. The molecule has 92 valence electrons. The maximum atomic E-state index is 11.8. The van der Waals surface area contributed by atoms with Gasteiger partial charge in [-0.2, -0.15) is 0 Å². The molecule has 1 aliphatic carbocycles. The summed E-state index contributed by atoms with van der Waals surface area (Å²) in [5.41, 5.74) is 5.93. The first kappa shape index (κ1) is 11.7. The summed E-state index contributed by atoms with van der Waals surface area (Å²) < 4.78 is 0. The Morgan fingerprint density at radius 1 is 1.25 bits per heavy atom. The van der Waals surface area contributed by atoms with Crippen molar-refractivity contribution in [2.45, 2.75) is 44.6 Å². The average molecular weight is 225 g/mol. The molecule has 2 unspecified atom stereocenters. The largest absolute Gasteiger partial charge is 0.338 e. The van der Waals surface area contributed by atoms with E-state index in [1.165, 1.54) is 12.8 Å². The van der Waals surface area contributed by atoms with Gasteiger partial charge >= 0.3 is 6.03 Å². The number of carbonyl (C=O) groups excluding carboxylic acids is 1. The van der Waals surface area contributed by atoms with Crippen LogP contribution in [0.2, 0.25) is 0 Å². The molecule has 2 atom stereocenters. The third-order valence-corrected chi connectivity index (χ3v) is 3.76. The van der Waals surface area contributed by atoms with Crippen molar-refractivity contribution in [1.29, 1.82) is 0 Å². The third-order valence-electron chi connectivity index (χ3n) is 3.76. The lowest BCUT2D eigenvalue weighted by atomic mass is 9.86. The van der Waals surface area contributed by atoms with Gasteiger partial charge in [-0.05, 0) is 38.0 Å². The van der Waals surface area contributed by atoms with Gasteiger partial charge in [-0.3, -0.25) is 0 Å². The van der Waals surface area contributed by atoms with Crippen LogP contribution < -0.4 is 11.1 Å². The van der Waals surface area contributed by atoms with Crippen LogP contribution in [-0.2, 0) is 0 Å². The maximum Gasteiger partial charge on any atom is 0.317 e. The number of nitrogens with one attached hydrogen (secondary N) is 1. The highest BCUT2D eigenvalue weighted by Gasteiger charge is 2.22. The molecule has 16 heavy (non-hydrogen) atoms. The van der Waals surface area contributed by atoms with E-state index in [9.17, 15) is 4.79 Å². The zero-order valence-electron chi connectivity index (χ0n) is 9.95. The Hall–Kier alpha value is -0.770. The van der Waals surface area contributed by atoms with Gasteiger partial charge in [-0.15, -0.1) is 0 Å². The standard InChI is InChI=1S/C12H23N3O/c13-11-5-3-4-10(8-11)9-14-12(16)15-6-1-2-7-15/h10-11H,1-9,13H2,(H,14,16). The molecule has 0 aromatic carbocycles. The van der Waals surface area contributed by atoms with Crippen molar-refractivity contribution in [3.8, 4) is 0 Å². The summed E-state index contributed by atoms with van der Waals surface area (Å²) in [6.45, 7) is 2.66. The summed E-state index contributed by atoms with van der Waals surface area (Å²) in [7, 11) is 0. The Morgan fingerprint density at radius 2 is 2.00 bits per heavy atom. The molecule has 0 spiro atoms. The molecular formula is C12H23N3O. The van der Waals surface area contributed by atoms with Gasteiger partial charge in [0.15, 0.2) is 0 Å². The van der Waals surface area contributed by atoms with E-state index < -0.39 is 0 Å². The van der Waals surface area contributed by atoms with E-state index in [-0.39, 0.29) is 6.03 Å². The molecule has 1 saturated heterocycles. The lowest BCUT2D eigenvalue weighted by molar-refractivity contribution is 0.203. The highest BCUT2D eigenvalue weighted by atomic mass is 16.2. The van der Waals surface area contributed by atoms with Gasteiger partial charge < -0.3 is 16.0 Å². The maximum absolute atomic E-state index is 11.8. The van der Waals surface area contributed by atoms with Crippen LogP contribution in [0.4, 0.5) is 4.79 Å². The lowest BCUT2D eigenvalue weighted by Gasteiger charge is -2.27. The lowest BCUT2D eigenvalue weighted by Crippen LogP contribution is -2.41. The molecule has 2 fully saturated rings. The summed E-state index contributed by atoms with van der Waals surface area (Å²) in [5.74, 6) is 0.593. The van der Waals surface area contributed by atoms with E-state index in [4.69, 9.17) is 5.73 Å². The summed E-state index contributed by atoms with van der Waals surface area (Å²) in [6, 6.07) is 0.471. The second-order valence-electron chi connectivity index (χ2n) is 5.17. The van der Waals surface area contributed by atoms with Crippen molar-refractivity contribution in [2.75, 3.05) is 19.6 Å². The summed E-state index contributed by atoms with van der Waals surface area (Å²) in [6.07, 6.45) is 6.96. The van der Waals surface area contributed by atoms with E-state index in [0.29, 0.717) is 12.0 Å². The number of amides is 2. The Kier molecular flexibility index (Phi) is 4.04. The minimum atomic E-state index is 0.122. The fourth-order valence-electron chi connectivity index (χ4n) is 2.78. The van der Waals surface area contributed by atoms with E-state index in [1.54, 1.807) is 0 Å². The summed E-state index contributed by atoms with van der Waals surface area (Å²) in [5, 5.41) is 3.05. The number of likely N-dealkylation sites (tertiary alicyclic amines) is 1. The first-order chi connectivity index (χ1) is 7.75. The number of nitrogens with zero attached hydrogens (tertiary/aromatic N) is 1. The van der Waals surface area contributed by atoms with Gasteiger partial charge in [0, 0.05) is 25.7 Å². The average Bonchev–Trinajstić information content (AvgIpc) is 2.79. The quantitative estimate of drug-likeness (QED) is 0.744. The van der Waals surface area contributed by atoms with Crippen LogP contribution in [-0.4, -0.2) is 36.6 Å². The monoisotopic (exact) mass is 225 g/mol. The van der Waals surface area contributed by atoms with Gasteiger partial charge in [-0.1, -0.05) is 6.42 Å². The normalized spacial score (nSPS) is 30.4. The Labute approximate surface area is 97.6 Å². The molecule has 0 radical (unpaired) electrons. The van der Waals surface area contributed by atoms with Crippen LogP contribution in [0.1, 0.15) is 38.5 Å². The van der Waals surface area contributed by atoms with Gasteiger partial charge in [0.2, 0.25) is 0 Å². The van der Waals surface area contributed by atoms with Crippen molar-refractivity contribution in [2.24, 2.45) is 11.7 Å². The van der Waals surface area contributed by atoms with Gasteiger partial charge in [-0.25, -0.2) is 4.79 Å². The molecule has 3 N–H and O–H groups in total. The van der Waals surface area contributed by atoms with Crippen molar-refractivity contribution in [3.05, 3.63) is 0 Å². The highest BCUT2D eigenvalue weighted by Crippen LogP contribution is 2.22. The Morgan fingerprint density at radius 3 is 2.69 bits per heavy atom. The fraction of sp³-hybridized carbons (Fsp3) is 0.917. The van der Waals surface area contributed by atoms with E-state index >= 15 is 0 Å². The van der Waals surface area contributed by atoms with Crippen LogP contribution in [0.5, 0.6) is 0 Å². The molecule has 2 aliphatic rings. The van der Waals surface area contributed by atoms with Crippen molar-refractivity contribution in [3.63, 3.8) is 0 Å². The molecule has 1 saturated carbocycles. The predicted octanol–water partition coefficient (Wildman–Crippen LogP) is 1.31. The molecule has 0 bridgehead atoms. The summed E-state index contributed by atoms with van der Waals surface area (Å²) >= 11 is 0. The molecule has 0 aromatic heterocycles. The summed E-state index contributed by atoms with van der Waals surface area (Å²) in [4.78, 5) is 13.7. The number of hydrogen-bond acceptors (Lipinski definition) is 2. The van der Waals surface area contributed by atoms with Gasteiger partial charge in [0.05, 0.1) is 0 Å². The molecule has 2 rings (SSSR count). The number of rotatable bonds is 2. The fourth-order valence-corrected chi connectivity index (χ4v) is 2.78. The minimum Gasteiger partial charge on any atom is -0.338 e. The van der Waals surface area contributed by atoms with Crippen molar-refractivity contribution < 1.29 is 4.79 Å². The third kappa shape index (κ3) is 3.11. The molecule has 1 aliphatic heterocycles. The Bertz CT molecular complexity index is 238. The Balaban J connectivity index is 1.67. The number of urea groups is 1. The van der Waals surface area contributed by atoms with Crippen molar-refractivity contribution >= 4 is 6.03 Å². The molecule has 4 nitrogen and oxygen atoms in total. The highest BCUT2D eigenvalue weighted by molar-refractivity contribution is 5.74. The zero-order valence-corrected chi connectivity index (χ0v) is 9.95. The topological polar surface area (TPSA) is 58.4 Å². The van der Waals surface area contributed by atoms with Crippen LogP contribution in [0.3, 0.4) is 0 Å². The predicted molar refractivity (Wildman–Crippen MR) is 64.1 cm³/mol. The van der Waals surface area contributed by atoms with Crippen LogP contribution in [0, 0.1) is 5.92 Å². The van der Waals surface area contributed by atoms with Crippen LogP contribution in [0.25, 0.3) is 0 Å². The van der Waals surface area contributed by atoms with Crippen molar-refractivity contribution in [1.82, 2.24) is 10.2 Å². The first-order valence-corrected chi connectivity index (χ1v) is 6.54. The smallest absolute Gasteiger partial charge is 0.317 e. The number of carbonyl (C=O) groups is 1. The first-order valence-electron chi connectivity index (χ1n) is 6.54. The molecule has 0 aromatic rings. The molecular weight excluding hydrogens is 202 g/mol. The molecule has 2 amide bonds. The van der Waals surface area contributed by atoms with Crippen LogP contribution >= 0.6 is 0 Å². The van der Waals surface area contributed by atoms with Gasteiger partial charge in [0.25, 0.3) is 0 Å². The van der Waals surface area contributed by atoms with E-state index in [0.717, 1.165) is 45.3 Å². The number of nitrogens with two attached hydrogens (primary N) is 1. The van der Waals surface area contributed by atoms with Crippen LogP contribution in [0.15, 0.2) is 0 Å². The second kappa shape index (κ2) is 5.53. The van der Waals surface area contributed by atoms with E-state index in [2.05, 4.69) is 5.32 Å². The second-order valence-corrected chi connectivity index (χ2v) is 5.17. The van der Waals surface area contributed by atoms with Gasteiger partial charge in [0.1, 0.15) is 0 Å². The SMILES string of the molecule is NC1CCCC(CNC(=O)N2CCCC2)C1. The molecule has 4 heteroatoms.